The Morgan fingerprint density at radius 2 is 2.60 bits per heavy atom. The highest BCUT2D eigenvalue weighted by molar-refractivity contribution is 7.12. The second-order valence-corrected chi connectivity index (χ2v) is 4.63. The number of hydrogen-bond acceptors (Lipinski definition) is 4. The molecule has 1 aliphatic rings. The van der Waals surface area contributed by atoms with Gasteiger partial charge in [-0.1, -0.05) is 6.07 Å². The van der Waals surface area contributed by atoms with Gasteiger partial charge in [-0.15, -0.1) is 11.3 Å². The van der Waals surface area contributed by atoms with Crippen molar-refractivity contribution in [1.29, 1.82) is 0 Å². The van der Waals surface area contributed by atoms with Crippen molar-refractivity contribution in [2.75, 3.05) is 19.8 Å². The van der Waals surface area contributed by atoms with Crippen LogP contribution in [0.3, 0.4) is 0 Å². The first-order chi connectivity index (χ1) is 7.20. The zero-order valence-electron chi connectivity index (χ0n) is 8.23. The van der Waals surface area contributed by atoms with Gasteiger partial charge in [0, 0.05) is 19.6 Å². The highest BCUT2D eigenvalue weighted by atomic mass is 32.1. The van der Waals surface area contributed by atoms with Gasteiger partial charge in [0.25, 0.3) is 5.91 Å². The molecule has 0 saturated carbocycles. The Morgan fingerprint density at radius 3 is 3.20 bits per heavy atom. The zero-order valence-corrected chi connectivity index (χ0v) is 9.05. The molecule has 1 saturated heterocycles. The van der Waals surface area contributed by atoms with E-state index in [9.17, 15) is 9.90 Å². The van der Waals surface area contributed by atoms with Gasteiger partial charge in [-0.25, -0.2) is 0 Å². The Hall–Kier alpha value is -0.910. The van der Waals surface area contributed by atoms with Crippen molar-refractivity contribution in [1.82, 2.24) is 5.32 Å². The minimum absolute atomic E-state index is 0.134. The van der Waals surface area contributed by atoms with Crippen LogP contribution in [0.1, 0.15) is 16.1 Å². The molecular formula is C10H13NO3S. The van der Waals surface area contributed by atoms with E-state index in [4.69, 9.17) is 4.74 Å². The maximum atomic E-state index is 11.6. The molecule has 1 fully saturated rings. The minimum Gasteiger partial charge on any atom is -0.386 e. The van der Waals surface area contributed by atoms with Gasteiger partial charge < -0.3 is 15.2 Å². The van der Waals surface area contributed by atoms with Crippen LogP contribution in [0.2, 0.25) is 0 Å². The third kappa shape index (κ3) is 2.56. The first kappa shape index (κ1) is 10.6. The number of ether oxygens (including phenoxy) is 1. The van der Waals surface area contributed by atoms with Crippen LogP contribution >= 0.6 is 11.3 Å². The lowest BCUT2D eigenvalue weighted by Crippen LogP contribution is -2.43. The molecule has 1 unspecified atom stereocenters. The van der Waals surface area contributed by atoms with E-state index in [2.05, 4.69) is 5.32 Å². The molecule has 1 aliphatic heterocycles. The second-order valence-electron chi connectivity index (χ2n) is 3.69. The van der Waals surface area contributed by atoms with E-state index < -0.39 is 5.60 Å². The highest BCUT2D eigenvalue weighted by Crippen LogP contribution is 2.17. The molecule has 0 aliphatic carbocycles. The number of amides is 1. The van der Waals surface area contributed by atoms with Crippen molar-refractivity contribution < 1.29 is 14.6 Å². The van der Waals surface area contributed by atoms with Gasteiger partial charge in [0.15, 0.2) is 0 Å². The number of aliphatic hydroxyl groups is 1. The normalized spacial score (nSPS) is 25.4. The van der Waals surface area contributed by atoms with E-state index in [0.717, 1.165) is 0 Å². The number of carbonyl (C=O) groups is 1. The Labute approximate surface area is 91.9 Å². The maximum absolute atomic E-state index is 11.6. The molecule has 0 bridgehead atoms. The van der Waals surface area contributed by atoms with Gasteiger partial charge in [-0.2, -0.15) is 0 Å². The first-order valence-corrected chi connectivity index (χ1v) is 5.69. The summed E-state index contributed by atoms with van der Waals surface area (Å²) in [7, 11) is 0. The van der Waals surface area contributed by atoms with Crippen LogP contribution in [0.15, 0.2) is 17.5 Å². The quantitative estimate of drug-likeness (QED) is 0.796. The molecule has 4 nitrogen and oxygen atoms in total. The number of nitrogens with one attached hydrogen (secondary N) is 1. The number of carbonyl (C=O) groups excluding carboxylic acids is 1. The molecule has 2 heterocycles. The van der Waals surface area contributed by atoms with Crippen molar-refractivity contribution in [3.63, 3.8) is 0 Å². The summed E-state index contributed by atoms with van der Waals surface area (Å²) in [5, 5.41) is 14.5. The molecule has 15 heavy (non-hydrogen) atoms. The Kier molecular flexibility index (Phi) is 3.04. The summed E-state index contributed by atoms with van der Waals surface area (Å²) in [5.41, 5.74) is -0.882. The summed E-state index contributed by atoms with van der Waals surface area (Å²) in [4.78, 5) is 12.2. The lowest BCUT2D eigenvalue weighted by atomic mass is 10.0. The predicted molar refractivity (Wildman–Crippen MR) is 57.0 cm³/mol. The molecule has 82 valence electrons. The van der Waals surface area contributed by atoms with E-state index in [1.54, 1.807) is 6.07 Å². The monoisotopic (exact) mass is 227 g/mol. The Bertz CT molecular complexity index is 330. The highest BCUT2D eigenvalue weighted by Gasteiger charge is 2.32. The van der Waals surface area contributed by atoms with Gasteiger partial charge in [0.1, 0.15) is 5.60 Å². The van der Waals surface area contributed by atoms with Crippen molar-refractivity contribution in [2.45, 2.75) is 12.0 Å². The van der Waals surface area contributed by atoms with E-state index in [1.807, 2.05) is 11.4 Å². The van der Waals surface area contributed by atoms with Crippen molar-refractivity contribution in [3.8, 4) is 0 Å². The molecule has 2 rings (SSSR count). The van der Waals surface area contributed by atoms with Crippen molar-refractivity contribution in [3.05, 3.63) is 22.4 Å². The molecule has 0 spiro atoms. The van der Waals surface area contributed by atoms with E-state index in [-0.39, 0.29) is 12.5 Å². The maximum Gasteiger partial charge on any atom is 0.261 e. The van der Waals surface area contributed by atoms with Gasteiger partial charge in [0.05, 0.1) is 11.5 Å². The third-order valence-electron chi connectivity index (χ3n) is 2.41. The molecule has 0 radical (unpaired) electrons. The molecule has 1 aromatic heterocycles. The summed E-state index contributed by atoms with van der Waals surface area (Å²) in [5.74, 6) is -0.134. The summed E-state index contributed by atoms with van der Waals surface area (Å²) >= 11 is 1.39. The van der Waals surface area contributed by atoms with Crippen LogP contribution in [0.25, 0.3) is 0 Å². The summed E-state index contributed by atoms with van der Waals surface area (Å²) in [6.45, 7) is 1.12. The summed E-state index contributed by atoms with van der Waals surface area (Å²) in [6.07, 6.45) is 0.581. The van der Waals surface area contributed by atoms with Gasteiger partial charge in [-0.05, 0) is 11.4 Å². The van der Waals surface area contributed by atoms with E-state index >= 15 is 0 Å². The average molecular weight is 227 g/mol. The standard InChI is InChI=1S/C10H13NO3S/c12-9(8-2-1-5-15-8)11-6-10(13)3-4-14-7-10/h1-2,5,13H,3-4,6-7H2,(H,11,12). The molecule has 2 N–H and O–H groups in total. The lowest BCUT2D eigenvalue weighted by molar-refractivity contribution is 0.0265. The molecule has 1 amide bonds. The van der Waals surface area contributed by atoms with Crippen LogP contribution in [0.5, 0.6) is 0 Å². The zero-order chi connectivity index (χ0) is 10.7. The van der Waals surface area contributed by atoms with Crippen LogP contribution in [-0.4, -0.2) is 36.4 Å². The molecule has 5 heteroatoms. The van der Waals surface area contributed by atoms with Crippen molar-refractivity contribution in [2.24, 2.45) is 0 Å². The third-order valence-corrected chi connectivity index (χ3v) is 3.27. The topological polar surface area (TPSA) is 58.6 Å². The molecule has 1 aromatic rings. The van der Waals surface area contributed by atoms with Gasteiger partial charge >= 0.3 is 0 Å². The Morgan fingerprint density at radius 1 is 1.73 bits per heavy atom. The molecule has 0 aromatic carbocycles. The second kappa shape index (κ2) is 4.30. The Balaban J connectivity index is 1.85. The van der Waals surface area contributed by atoms with Crippen LogP contribution in [0, 0.1) is 0 Å². The lowest BCUT2D eigenvalue weighted by Gasteiger charge is -2.20. The van der Waals surface area contributed by atoms with Crippen molar-refractivity contribution >= 4 is 17.2 Å². The number of hydrogen-bond donors (Lipinski definition) is 2. The van der Waals surface area contributed by atoms with Crippen LogP contribution < -0.4 is 5.32 Å². The molecular weight excluding hydrogens is 214 g/mol. The van der Waals surface area contributed by atoms with Gasteiger partial charge in [0.2, 0.25) is 0 Å². The van der Waals surface area contributed by atoms with E-state index in [1.165, 1.54) is 11.3 Å². The fourth-order valence-electron chi connectivity index (χ4n) is 1.48. The van der Waals surface area contributed by atoms with Crippen LogP contribution in [-0.2, 0) is 4.74 Å². The predicted octanol–water partition coefficient (Wildman–Crippen LogP) is 0.629. The van der Waals surface area contributed by atoms with E-state index in [0.29, 0.717) is 24.5 Å². The smallest absolute Gasteiger partial charge is 0.261 e. The average Bonchev–Trinajstić information content (AvgIpc) is 2.85. The molecule has 1 atom stereocenters. The summed E-state index contributed by atoms with van der Waals surface area (Å²) < 4.78 is 5.08. The number of thiophene rings is 1. The SMILES string of the molecule is O=C(NCC1(O)CCOC1)c1cccs1. The first-order valence-electron chi connectivity index (χ1n) is 4.81. The number of rotatable bonds is 3. The summed E-state index contributed by atoms with van der Waals surface area (Å²) in [6, 6.07) is 3.59. The van der Waals surface area contributed by atoms with Crippen LogP contribution in [0.4, 0.5) is 0 Å². The minimum atomic E-state index is -0.882. The largest absolute Gasteiger partial charge is 0.386 e. The van der Waals surface area contributed by atoms with Gasteiger partial charge in [-0.3, -0.25) is 4.79 Å². The fraction of sp³-hybridized carbons (Fsp3) is 0.500. The fourth-order valence-corrected chi connectivity index (χ4v) is 2.12.